The molecule has 0 aliphatic heterocycles. The van der Waals surface area contributed by atoms with Crippen LogP contribution in [0, 0.1) is 0 Å². The molecule has 0 spiro atoms. The van der Waals surface area contributed by atoms with Gasteiger partial charge in [-0.05, 0) is 37.3 Å². The van der Waals surface area contributed by atoms with Crippen LogP contribution in [-0.2, 0) is 6.42 Å². The lowest BCUT2D eigenvalue weighted by molar-refractivity contribution is 0.466. The molecule has 0 saturated heterocycles. The number of unbranched alkanes of at least 4 members (excludes halogenated alkanes) is 5. The summed E-state index contributed by atoms with van der Waals surface area (Å²) < 4.78 is 0. The first-order chi connectivity index (χ1) is 7.84. The van der Waals surface area contributed by atoms with Gasteiger partial charge in [-0.25, -0.2) is 0 Å². The summed E-state index contributed by atoms with van der Waals surface area (Å²) in [5.41, 5.74) is 1.08. The minimum Gasteiger partial charge on any atom is -0.508 e. The second-order valence-corrected chi connectivity index (χ2v) is 4.22. The molecule has 0 aromatic heterocycles. The zero-order chi connectivity index (χ0) is 11.6. The number of para-hydroxylation sites is 1. The normalized spacial score (nSPS) is 10.2. The molecule has 0 atom stereocenters. The summed E-state index contributed by atoms with van der Waals surface area (Å²) in [6, 6.07) is 7.62. The highest BCUT2D eigenvalue weighted by Crippen LogP contribution is 2.18. The van der Waals surface area contributed by atoms with E-state index in [9.17, 15) is 5.11 Å². The van der Waals surface area contributed by atoms with Crippen molar-refractivity contribution in [2.24, 2.45) is 0 Å². The Balaban J connectivity index is 2.07. The van der Waals surface area contributed by atoms with E-state index in [1.54, 1.807) is 6.07 Å². The van der Waals surface area contributed by atoms with E-state index in [0.29, 0.717) is 5.75 Å². The molecule has 0 amide bonds. The average Bonchev–Trinajstić information content (AvgIpc) is 2.30. The Morgan fingerprint density at radius 1 is 1.00 bits per heavy atom. The van der Waals surface area contributed by atoms with Crippen molar-refractivity contribution in [3.8, 4) is 5.75 Å². The number of phenolic OH excluding ortho intramolecular Hbond substituents is 1. The van der Waals surface area contributed by atoms with Crippen LogP contribution in [-0.4, -0.2) is 5.11 Å². The largest absolute Gasteiger partial charge is 0.508 e. The van der Waals surface area contributed by atoms with Gasteiger partial charge in [0.1, 0.15) is 5.75 Å². The van der Waals surface area contributed by atoms with E-state index < -0.39 is 0 Å². The van der Waals surface area contributed by atoms with Gasteiger partial charge in [0.05, 0.1) is 0 Å². The average molecular weight is 218 g/mol. The van der Waals surface area contributed by atoms with Crippen LogP contribution in [0.25, 0.3) is 0 Å². The molecule has 1 aromatic rings. The fourth-order valence-corrected chi connectivity index (χ4v) is 1.86. The maximum absolute atomic E-state index is 9.57. The highest BCUT2D eigenvalue weighted by Gasteiger charge is 1.98. The molecule has 0 aliphatic rings. The zero-order valence-electron chi connectivity index (χ0n) is 9.99. The van der Waals surface area contributed by atoms with Crippen LogP contribution in [0.2, 0.25) is 0 Å². The van der Waals surface area contributed by atoms with Gasteiger partial charge in [0.25, 0.3) is 0 Å². The molecule has 1 N–H and O–H groups in total. The van der Waals surface area contributed by atoms with Crippen molar-refractivity contribution < 1.29 is 5.11 Å². The standard InChI is InChI=1S/C15H22O/c1-2-3-4-5-6-7-8-11-14-12-9-10-13-15(14)16/h2,9-10,12-13,16H,1,3-8,11H2. The first-order valence-electron chi connectivity index (χ1n) is 6.22. The number of hydrogen-bond acceptors (Lipinski definition) is 1. The minimum atomic E-state index is 0.439. The predicted molar refractivity (Wildman–Crippen MR) is 69.7 cm³/mol. The topological polar surface area (TPSA) is 20.2 Å². The van der Waals surface area contributed by atoms with Crippen molar-refractivity contribution in [1.82, 2.24) is 0 Å². The lowest BCUT2D eigenvalue weighted by Gasteiger charge is -2.03. The summed E-state index contributed by atoms with van der Waals surface area (Å²) in [5.74, 6) is 0.439. The van der Waals surface area contributed by atoms with Gasteiger partial charge >= 0.3 is 0 Å². The van der Waals surface area contributed by atoms with Crippen LogP contribution < -0.4 is 0 Å². The van der Waals surface area contributed by atoms with Crippen LogP contribution in [0.15, 0.2) is 36.9 Å². The molecule has 0 fully saturated rings. The number of rotatable bonds is 8. The van der Waals surface area contributed by atoms with E-state index in [4.69, 9.17) is 0 Å². The van der Waals surface area contributed by atoms with Gasteiger partial charge in [0.2, 0.25) is 0 Å². The highest BCUT2D eigenvalue weighted by atomic mass is 16.3. The smallest absolute Gasteiger partial charge is 0.118 e. The SMILES string of the molecule is C=CCCCCCCCc1ccccc1O. The van der Waals surface area contributed by atoms with E-state index in [-0.39, 0.29) is 0 Å². The van der Waals surface area contributed by atoms with Crippen molar-refractivity contribution in [3.63, 3.8) is 0 Å². The number of benzene rings is 1. The summed E-state index contributed by atoms with van der Waals surface area (Å²) in [5, 5.41) is 9.57. The third kappa shape index (κ3) is 5.01. The molecule has 0 heterocycles. The maximum atomic E-state index is 9.57. The first kappa shape index (κ1) is 12.8. The molecular weight excluding hydrogens is 196 g/mol. The molecule has 0 aliphatic carbocycles. The van der Waals surface area contributed by atoms with Gasteiger partial charge in [-0.15, -0.1) is 6.58 Å². The quantitative estimate of drug-likeness (QED) is 0.504. The van der Waals surface area contributed by atoms with Crippen LogP contribution in [0.4, 0.5) is 0 Å². The molecule has 0 radical (unpaired) electrons. The van der Waals surface area contributed by atoms with E-state index in [1.807, 2.05) is 24.3 Å². The van der Waals surface area contributed by atoms with Crippen molar-refractivity contribution >= 4 is 0 Å². The summed E-state index contributed by atoms with van der Waals surface area (Å²) >= 11 is 0. The molecule has 16 heavy (non-hydrogen) atoms. The second-order valence-electron chi connectivity index (χ2n) is 4.22. The Bertz CT molecular complexity index is 304. The highest BCUT2D eigenvalue weighted by molar-refractivity contribution is 5.31. The van der Waals surface area contributed by atoms with Crippen LogP contribution >= 0.6 is 0 Å². The zero-order valence-corrected chi connectivity index (χ0v) is 9.99. The van der Waals surface area contributed by atoms with Gasteiger partial charge in [0, 0.05) is 0 Å². The van der Waals surface area contributed by atoms with Gasteiger partial charge in [-0.2, -0.15) is 0 Å². The van der Waals surface area contributed by atoms with Crippen LogP contribution in [0.5, 0.6) is 5.75 Å². The van der Waals surface area contributed by atoms with E-state index in [1.165, 1.54) is 32.1 Å². The van der Waals surface area contributed by atoms with Crippen molar-refractivity contribution in [2.75, 3.05) is 0 Å². The Hall–Kier alpha value is -1.24. The van der Waals surface area contributed by atoms with Gasteiger partial charge in [0.15, 0.2) is 0 Å². The number of hydrogen-bond donors (Lipinski definition) is 1. The molecule has 1 aromatic carbocycles. The number of allylic oxidation sites excluding steroid dienone is 1. The number of phenols is 1. The van der Waals surface area contributed by atoms with E-state index in [0.717, 1.165) is 18.4 Å². The summed E-state index contributed by atoms with van der Waals surface area (Å²) in [4.78, 5) is 0. The van der Waals surface area contributed by atoms with E-state index >= 15 is 0 Å². The second kappa shape index (κ2) is 7.98. The molecule has 0 unspecified atom stereocenters. The molecule has 0 bridgehead atoms. The van der Waals surface area contributed by atoms with Crippen LogP contribution in [0.1, 0.15) is 44.1 Å². The summed E-state index contributed by atoms with van der Waals surface area (Å²) in [7, 11) is 0. The molecule has 88 valence electrons. The van der Waals surface area contributed by atoms with Crippen molar-refractivity contribution in [1.29, 1.82) is 0 Å². The van der Waals surface area contributed by atoms with Crippen molar-refractivity contribution in [3.05, 3.63) is 42.5 Å². The van der Waals surface area contributed by atoms with Crippen molar-refractivity contribution in [2.45, 2.75) is 44.9 Å². The number of aryl methyl sites for hydroxylation is 1. The fourth-order valence-electron chi connectivity index (χ4n) is 1.86. The van der Waals surface area contributed by atoms with Gasteiger partial charge in [-0.1, -0.05) is 43.5 Å². The summed E-state index contributed by atoms with van der Waals surface area (Å²) in [6.45, 7) is 3.72. The Labute approximate surface area is 98.8 Å². The lowest BCUT2D eigenvalue weighted by atomic mass is 10.0. The first-order valence-corrected chi connectivity index (χ1v) is 6.22. The monoisotopic (exact) mass is 218 g/mol. The summed E-state index contributed by atoms with van der Waals surface area (Å²) in [6.07, 6.45) is 10.4. The Morgan fingerprint density at radius 3 is 2.44 bits per heavy atom. The van der Waals surface area contributed by atoms with Crippen LogP contribution in [0.3, 0.4) is 0 Å². The molecule has 1 nitrogen and oxygen atoms in total. The number of aromatic hydroxyl groups is 1. The Morgan fingerprint density at radius 2 is 1.69 bits per heavy atom. The third-order valence-corrected chi connectivity index (χ3v) is 2.85. The predicted octanol–water partition coefficient (Wildman–Crippen LogP) is 4.46. The molecule has 1 heteroatoms. The minimum absolute atomic E-state index is 0.439. The fraction of sp³-hybridized carbons (Fsp3) is 0.467. The lowest BCUT2D eigenvalue weighted by Crippen LogP contribution is -1.86. The van der Waals surface area contributed by atoms with Gasteiger partial charge in [-0.3, -0.25) is 0 Å². The molecule has 0 saturated carbocycles. The molecule has 1 rings (SSSR count). The molecular formula is C15H22O. The Kier molecular flexibility index (Phi) is 6.39. The maximum Gasteiger partial charge on any atom is 0.118 e. The third-order valence-electron chi connectivity index (χ3n) is 2.85. The van der Waals surface area contributed by atoms with E-state index in [2.05, 4.69) is 6.58 Å². The van der Waals surface area contributed by atoms with Gasteiger partial charge < -0.3 is 5.11 Å².